The second-order valence-corrected chi connectivity index (χ2v) is 7.24. The topological polar surface area (TPSA) is 64.0 Å². The lowest BCUT2D eigenvalue weighted by atomic mass is 9.86. The maximum atomic E-state index is 12.3. The Bertz CT molecular complexity index is 814. The van der Waals surface area contributed by atoms with E-state index in [-0.39, 0.29) is 18.0 Å². The first-order valence-electron chi connectivity index (χ1n) is 8.92. The van der Waals surface area contributed by atoms with Crippen LogP contribution in [0.5, 0.6) is 0 Å². The number of carbonyl (C=O) groups is 1. The van der Waals surface area contributed by atoms with Gasteiger partial charge in [-0.2, -0.15) is 0 Å². The van der Waals surface area contributed by atoms with Gasteiger partial charge in [0, 0.05) is 6.54 Å². The number of carbonyl (C=O) groups excluding carboxylic acids is 1. The van der Waals surface area contributed by atoms with Crippen LogP contribution in [0, 0.1) is 17.8 Å². The first-order chi connectivity index (χ1) is 11.7. The number of benzene rings is 1. The van der Waals surface area contributed by atoms with Crippen molar-refractivity contribution >= 4 is 16.9 Å². The number of nitrogens with one attached hydrogen (secondary N) is 1. The van der Waals surface area contributed by atoms with Crippen LogP contribution in [0.25, 0.3) is 11.0 Å². The summed E-state index contributed by atoms with van der Waals surface area (Å²) in [5.74, 6) is 2.52. The molecular formula is C19H23N3O2. The minimum absolute atomic E-state index is 0.0542. The predicted octanol–water partition coefficient (Wildman–Crippen LogP) is 2.34. The van der Waals surface area contributed by atoms with Gasteiger partial charge in [0.1, 0.15) is 6.54 Å². The maximum Gasteiger partial charge on any atom is 0.269 e. The van der Waals surface area contributed by atoms with Gasteiger partial charge in [0.25, 0.3) is 5.56 Å². The zero-order valence-corrected chi connectivity index (χ0v) is 13.8. The zero-order valence-electron chi connectivity index (χ0n) is 13.8. The van der Waals surface area contributed by atoms with Gasteiger partial charge in [0.05, 0.1) is 17.2 Å². The molecule has 0 unspecified atom stereocenters. The van der Waals surface area contributed by atoms with Gasteiger partial charge in [-0.05, 0) is 55.6 Å². The molecule has 3 atom stereocenters. The molecule has 2 fully saturated rings. The van der Waals surface area contributed by atoms with E-state index in [2.05, 4.69) is 10.3 Å². The molecule has 5 heteroatoms. The fourth-order valence-corrected chi connectivity index (χ4v) is 4.60. The Morgan fingerprint density at radius 2 is 2.12 bits per heavy atom. The van der Waals surface area contributed by atoms with E-state index in [1.807, 2.05) is 24.3 Å². The number of aromatic nitrogens is 2. The molecule has 0 aliphatic heterocycles. The first kappa shape index (κ1) is 15.4. The van der Waals surface area contributed by atoms with Crippen molar-refractivity contribution in [2.24, 2.45) is 17.8 Å². The molecule has 2 bridgehead atoms. The molecule has 0 spiro atoms. The van der Waals surface area contributed by atoms with E-state index in [1.54, 1.807) is 0 Å². The number of hydrogen-bond acceptors (Lipinski definition) is 3. The van der Waals surface area contributed by atoms with Crippen LogP contribution in [-0.4, -0.2) is 22.0 Å². The summed E-state index contributed by atoms with van der Waals surface area (Å²) in [5.41, 5.74) is 1.19. The Kier molecular flexibility index (Phi) is 4.08. The largest absolute Gasteiger partial charge is 0.355 e. The highest BCUT2D eigenvalue weighted by atomic mass is 16.2. The third kappa shape index (κ3) is 2.95. The molecule has 5 nitrogen and oxygen atoms in total. The summed E-state index contributed by atoms with van der Waals surface area (Å²) in [6, 6.07) is 7.40. The minimum Gasteiger partial charge on any atom is -0.355 e. The first-order valence-corrected chi connectivity index (χ1v) is 8.92. The van der Waals surface area contributed by atoms with E-state index in [4.69, 9.17) is 0 Å². The second-order valence-electron chi connectivity index (χ2n) is 7.24. The summed E-state index contributed by atoms with van der Waals surface area (Å²) in [7, 11) is 0. The smallest absolute Gasteiger partial charge is 0.269 e. The quantitative estimate of drug-likeness (QED) is 0.918. The lowest BCUT2D eigenvalue weighted by Crippen LogP contribution is -2.33. The highest BCUT2D eigenvalue weighted by Crippen LogP contribution is 2.49. The second kappa shape index (κ2) is 6.38. The van der Waals surface area contributed by atoms with Crippen molar-refractivity contribution in [1.82, 2.24) is 14.9 Å². The number of rotatable bonds is 5. The van der Waals surface area contributed by atoms with Crippen LogP contribution < -0.4 is 10.9 Å². The van der Waals surface area contributed by atoms with Crippen LogP contribution in [0.2, 0.25) is 0 Å². The standard InChI is InChI=1S/C19H23N3O2/c23-18(20-8-7-15-10-13-5-6-14(15)9-13)12-22-17-4-2-1-3-16(17)21-11-19(22)24/h1-4,11,13-15H,5-10,12H2,(H,20,23)/t13-,14-,15-/m0/s1. The van der Waals surface area contributed by atoms with Crippen molar-refractivity contribution in [2.75, 3.05) is 6.54 Å². The van der Waals surface area contributed by atoms with Gasteiger partial charge < -0.3 is 5.32 Å². The van der Waals surface area contributed by atoms with Gasteiger partial charge in [0.15, 0.2) is 0 Å². The molecule has 24 heavy (non-hydrogen) atoms. The van der Waals surface area contributed by atoms with Crippen LogP contribution in [-0.2, 0) is 11.3 Å². The summed E-state index contributed by atoms with van der Waals surface area (Å²) in [6.07, 6.45) is 7.88. The molecule has 0 saturated heterocycles. The molecule has 2 saturated carbocycles. The highest BCUT2D eigenvalue weighted by Gasteiger charge is 2.38. The minimum atomic E-state index is -0.239. The van der Waals surface area contributed by atoms with E-state index in [1.165, 1.54) is 36.4 Å². The van der Waals surface area contributed by atoms with Crippen LogP contribution in [0.1, 0.15) is 32.1 Å². The van der Waals surface area contributed by atoms with Gasteiger partial charge in [-0.15, -0.1) is 0 Å². The van der Waals surface area contributed by atoms with Crippen LogP contribution in [0.15, 0.2) is 35.3 Å². The molecule has 126 valence electrons. The molecule has 2 aromatic rings. The van der Waals surface area contributed by atoms with Gasteiger partial charge in [-0.1, -0.05) is 18.6 Å². The van der Waals surface area contributed by atoms with E-state index >= 15 is 0 Å². The van der Waals surface area contributed by atoms with E-state index < -0.39 is 0 Å². The fraction of sp³-hybridized carbons (Fsp3) is 0.526. The average molecular weight is 325 g/mol. The summed E-state index contributed by atoms with van der Waals surface area (Å²) in [4.78, 5) is 28.4. The third-order valence-electron chi connectivity index (χ3n) is 5.78. The number of nitrogens with zero attached hydrogens (tertiary/aromatic N) is 2. The predicted molar refractivity (Wildman–Crippen MR) is 92.6 cm³/mol. The lowest BCUT2D eigenvalue weighted by molar-refractivity contribution is -0.121. The average Bonchev–Trinajstić information content (AvgIpc) is 3.20. The normalized spacial score (nSPS) is 25.2. The summed E-state index contributed by atoms with van der Waals surface area (Å²) >= 11 is 0. The van der Waals surface area contributed by atoms with Crippen molar-refractivity contribution in [3.63, 3.8) is 0 Å². The fourth-order valence-electron chi connectivity index (χ4n) is 4.60. The van der Waals surface area contributed by atoms with Crippen molar-refractivity contribution in [3.05, 3.63) is 40.8 Å². The van der Waals surface area contributed by atoms with Crippen molar-refractivity contribution < 1.29 is 4.79 Å². The van der Waals surface area contributed by atoms with Crippen LogP contribution in [0.3, 0.4) is 0 Å². The summed E-state index contributed by atoms with van der Waals surface area (Å²) in [5, 5.41) is 2.99. The molecule has 1 aromatic heterocycles. The molecule has 1 heterocycles. The molecule has 1 aromatic carbocycles. The molecule has 2 aliphatic rings. The van der Waals surface area contributed by atoms with E-state index in [9.17, 15) is 9.59 Å². The Labute approximate surface area is 141 Å². The Balaban J connectivity index is 1.36. The molecule has 4 rings (SSSR count). The van der Waals surface area contributed by atoms with Gasteiger partial charge >= 0.3 is 0 Å². The number of fused-ring (bicyclic) bond motifs is 3. The maximum absolute atomic E-state index is 12.3. The van der Waals surface area contributed by atoms with E-state index in [0.717, 1.165) is 29.7 Å². The van der Waals surface area contributed by atoms with Crippen LogP contribution >= 0.6 is 0 Å². The zero-order chi connectivity index (χ0) is 16.5. The lowest BCUT2D eigenvalue weighted by Gasteiger charge is -2.21. The monoisotopic (exact) mass is 325 g/mol. The van der Waals surface area contributed by atoms with Crippen LogP contribution in [0.4, 0.5) is 0 Å². The molecule has 1 N–H and O–H groups in total. The summed E-state index contributed by atoms with van der Waals surface area (Å²) in [6.45, 7) is 0.767. The highest BCUT2D eigenvalue weighted by molar-refractivity contribution is 5.79. The molecular weight excluding hydrogens is 302 g/mol. The SMILES string of the molecule is O=C(Cn1c(=O)cnc2ccccc21)NCC[C@H]1C[C@H]2CC[C@H]1C2. The Morgan fingerprint density at radius 3 is 2.92 bits per heavy atom. The van der Waals surface area contributed by atoms with E-state index in [0.29, 0.717) is 12.1 Å². The van der Waals surface area contributed by atoms with Gasteiger partial charge in [-0.25, -0.2) is 4.98 Å². The Hall–Kier alpha value is -2.17. The number of amides is 1. The van der Waals surface area contributed by atoms with Crippen molar-refractivity contribution in [2.45, 2.75) is 38.6 Å². The number of para-hydroxylation sites is 2. The van der Waals surface area contributed by atoms with Crippen molar-refractivity contribution in [3.8, 4) is 0 Å². The number of hydrogen-bond donors (Lipinski definition) is 1. The van der Waals surface area contributed by atoms with Gasteiger partial charge in [0.2, 0.25) is 5.91 Å². The Morgan fingerprint density at radius 1 is 1.25 bits per heavy atom. The molecule has 0 radical (unpaired) electrons. The third-order valence-corrected chi connectivity index (χ3v) is 5.78. The molecule has 1 amide bonds. The van der Waals surface area contributed by atoms with Gasteiger partial charge in [-0.3, -0.25) is 14.2 Å². The summed E-state index contributed by atoms with van der Waals surface area (Å²) < 4.78 is 1.50. The molecule has 2 aliphatic carbocycles. The van der Waals surface area contributed by atoms with Crippen molar-refractivity contribution in [1.29, 1.82) is 0 Å².